The molecule has 0 aliphatic carbocycles. The molecule has 1 aromatic carbocycles. The molecule has 1 aromatic rings. The molecule has 0 saturated carbocycles. The number of hydrogen-bond donors (Lipinski definition) is 1. The Morgan fingerprint density at radius 1 is 1.26 bits per heavy atom. The summed E-state index contributed by atoms with van der Waals surface area (Å²) in [4.78, 5) is 2.33. The van der Waals surface area contributed by atoms with Crippen LogP contribution in [-0.4, -0.2) is 37.2 Å². The van der Waals surface area contributed by atoms with E-state index in [4.69, 9.17) is 4.74 Å². The van der Waals surface area contributed by atoms with E-state index in [1.54, 1.807) is 6.07 Å². The van der Waals surface area contributed by atoms with E-state index in [0.29, 0.717) is 5.92 Å². The normalized spacial score (nSPS) is 30.2. The van der Waals surface area contributed by atoms with Crippen molar-refractivity contribution >= 4 is 0 Å². The minimum atomic E-state index is -0.164. The van der Waals surface area contributed by atoms with Gasteiger partial charge in [0.2, 0.25) is 0 Å². The highest BCUT2D eigenvalue weighted by Crippen LogP contribution is 2.43. The van der Waals surface area contributed by atoms with Gasteiger partial charge in [-0.15, -0.1) is 0 Å². The maximum Gasteiger partial charge on any atom is 0.130 e. The van der Waals surface area contributed by atoms with Gasteiger partial charge < -0.3 is 15.0 Å². The van der Waals surface area contributed by atoms with Crippen LogP contribution < -0.4 is 10.1 Å². The third-order valence-corrected chi connectivity index (χ3v) is 5.96. The van der Waals surface area contributed by atoms with Crippen molar-refractivity contribution in [2.24, 2.45) is 5.92 Å². The van der Waals surface area contributed by atoms with E-state index in [1.165, 1.54) is 6.42 Å². The summed E-state index contributed by atoms with van der Waals surface area (Å²) >= 11 is 0. The van der Waals surface area contributed by atoms with E-state index in [9.17, 15) is 4.39 Å². The highest BCUT2D eigenvalue weighted by molar-refractivity contribution is 5.44. The van der Waals surface area contributed by atoms with Crippen molar-refractivity contribution in [1.82, 2.24) is 10.2 Å². The molecule has 3 aliphatic heterocycles. The highest BCUT2D eigenvalue weighted by atomic mass is 19.1. The maximum absolute atomic E-state index is 14.7. The summed E-state index contributed by atoms with van der Waals surface area (Å²) in [6.45, 7) is 5.34. The fraction of sp³-hybridized carbons (Fsp3) is 0.684. The van der Waals surface area contributed by atoms with Gasteiger partial charge in [-0.05, 0) is 50.0 Å². The Balaban J connectivity index is 1.56. The molecule has 2 saturated heterocycles. The molecule has 3 nitrogen and oxygen atoms in total. The van der Waals surface area contributed by atoms with Gasteiger partial charge in [0.1, 0.15) is 17.2 Å². The van der Waals surface area contributed by atoms with E-state index < -0.39 is 0 Å². The van der Waals surface area contributed by atoms with Gasteiger partial charge in [-0.1, -0.05) is 6.92 Å². The first-order valence-corrected chi connectivity index (χ1v) is 8.98. The average molecular weight is 318 g/mol. The lowest BCUT2D eigenvalue weighted by molar-refractivity contribution is 0.0269. The van der Waals surface area contributed by atoms with Crippen molar-refractivity contribution in [3.05, 3.63) is 29.1 Å². The van der Waals surface area contributed by atoms with E-state index in [2.05, 4.69) is 30.3 Å². The minimum Gasteiger partial charge on any atom is -0.486 e. The molecule has 23 heavy (non-hydrogen) atoms. The number of nitrogens with one attached hydrogen (secondary N) is 1. The van der Waals surface area contributed by atoms with Crippen LogP contribution in [0.3, 0.4) is 0 Å². The van der Waals surface area contributed by atoms with Gasteiger partial charge in [0.25, 0.3) is 0 Å². The van der Waals surface area contributed by atoms with Crippen LogP contribution in [0.15, 0.2) is 12.1 Å². The number of hydrogen-bond acceptors (Lipinski definition) is 3. The van der Waals surface area contributed by atoms with E-state index in [-0.39, 0.29) is 17.5 Å². The van der Waals surface area contributed by atoms with Crippen molar-refractivity contribution in [2.45, 2.75) is 50.7 Å². The molecule has 4 heteroatoms. The maximum atomic E-state index is 14.7. The summed E-state index contributed by atoms with van der Waals surface area (Å²) < 4.78 is 21.0. The van der Waals surface area contributed by atoms with Crippen LogP contribution in [0.4, 0.5) is 4.39 Å². The molecule has 3 aliphatic rings. The highest BCUT2D eigenvalue weighted by Gasteiger charge is 2.43. The summed E-state index contributed by atoms with van der Waals surface area (Å²) in [5.41, 5.74) is 1.68. The zero-order valence-electron chi connectivity index (χ0n) is 14.2. The molecule has 0 bridgehead atoms. The van der Waals surface area contributed by atoms with Crippen molar-refractivity contribution in [3.63, 3.8) is 0 Å². The Kier molecular flexibility index (Phi) is 3.85. The van der Waals surface area contributed by atoms with E-state index in [1.807, 2.05) is 0 Å². The summed E-state index contributed by atoms with van der Waals surface area (Å²) in [5, 5.41) is 3.55. The fourth-order valence-corrected chi connectivity index (χ4v) is 4.27. The summed E-state index contributed by atoms with van der Waals surface area (Å²) in [7, 11) is 2.14. The molecule has 2 atom stereocenters. The van der Waals surface area contributed by atoms with Crippen LogP contribution in [0.1, 0.15) is 49.8 Å². The standard InChI is InChI=1S/C19H27FN2O/c1-13-3-4-17(21-12-13)14-9-16(20)15-11-19(23-18(15)10-14)5-7-22(2)8-6-19/h9-10,13,17,21H,3-8,11-12H2,1-2H3/t13-,17?/m0/s1. The van der Waals surface area contributed by atoms with Crippen LogP contribution in [0, 0.1) is 11.7 Å². The molecule has 4 rings (SSSR count). The molecule has 1 spiro atoms. The predicted octanol–water partition coefficient (Wildman–Crippen LogP) is 3.29. The molecule has 2 fully saturated rings. The van der Waals surface area contributed by atoms with Gasteiger partial charge >= 0.3 is 0 Å². The molecular formula is C19H27FN2O. The topological polar surface area (TPSA) is 24.5 Å². The molecule has 0 aromatic heterocycles. The largest absolute Gasteiger partial charge is 0.486 e. The van der Waals surface area contributed by atoms with Crippen molar-refractivity contribution < 1.29 is 9.13 Å². The smallest absolute Gasteiger partial charge is 0.130 e. The SMILES string of the molecule is C[C@H]1CCC(c2cc(F)c3c(c2)OC2(CCN(C)CC2)C3)NC1. The lowest BCUT2D eigenvalue weighted by atomic mass is 9.86. The zero-order valence-corrected chi connectivity index (χ0v) is 14.2. The molecule has 3 heterocycles. The first-order chi connectivity index (χ1) is 11.0. The van der Waals surface area contributed by atoms with Gasteiger partial charge in [0, 0.05) is 44.0 Å². The third-order valence-electron chi connectivity index (χ3n) is 5.96. The number of ether oxygens (including phenoxy) is 1. The second-order valence-electron chi connectivity index (χ2n) is 7.89. The first-order valence-electron chi connectivity index (χ1n) is 8.98. The van der Waals surface area contributed by atoms with E-state index >= 15 is 0 Å². The van der Waals surface area contributed by atoms with Gasteiger partial charge in [-0.3, -0.25) is 0 Å². The van der Waals surface area contributed by atoms with Crippen LogP contribution in [-0.2, 0) is 6.42 Å². The van der Waals surface area contributed by atoms with Gasteiger partial charge in [-0.25, -0.2) is 4.39 Å². The van der Waals surface area contributed by atoms with Crippen molar-refractivity contribution in [3.8, 4) is 5.75 Å². The summed E-state index contributed by atoms with van der Waals surface area (Å²) in [6, 6.07) is 4.10. The van der Waals surface area contributed by atoms with Gasteiger partial charge in [0.15, 0.2) is 0 Å². The number of nitrogens with zero attached hydrogens (tertiary/aromatic N) is 1. The number of piperidine rings is 2. The molecule has 0 amide bonds. The number of fused-ring (bicyclic) bond motifs is 1. The number of halogens is 1. The number of benzene rings is 1. The van der Waals surface area contributed by atoms with Crippen LogP contribution >= 0.6 is 0 Å². The van der Waals surface area contributed by atoms with E-state index in [0.717, 1.165) is 62.2 Å². The zero-order chi connectivity index (χ0) is 16.0. The predicted molar refractivity (Wildman–Crippen MR) is 89.3 cm³/mol. The Bertz CT molecular complexity index is 587. The van der Waals surface area contributed by atoms with Crippen LogP contribution in [0.5, 0.6) is 5.75 Å². The van der Waals surface area contributed by atoms with Gasteiger partial charge in [-0.2, -0.15) is 0 Å². The van der Waals surface area contributed by atoms with Crippen LogP contribution in [0.25, 0.3) is 0 Å². The summed E-state index contributed by atoms with van der Waals surface area (Å²) in [5.74, 6) is 1.43. The van der Waals surface area contributed by atoms with Gasteiger partial charge in [0.05, 0.1) is 0 Å². The monoisotopic (exact) mass is 318 g/mol. The molecule has 1 N–H and O–H groups in total. The fourth-order valence-electron chi connectivity index (χ4n) is 4.27. The summed E-state index contributed by atoms with van der Waals surface area (Å²) in [6.07, 6.45) is 5.00. The molecule has 0 radical (unpaired) electrons. The van der Waals surface area contributed by atoms with Crippen molar-refractivity contribution in [1.29, 1.82) is 0 Å². The second-order valence-corrected chi connectivity index (χ2v) is 7.89. The minimum absolute atomic E-state index is 0.0753. The Labute approximate surface area is 138 Å². The Hall–Kier alpha value is -1.13. The quantitative estimate of drug-likeness (QED) is 0.860. The number of likely N-dealkylation sites (tertiary alicyclic amines) is 1. The number of rotatable bonds is 1. The first kappa shape index (κ1) is 15.4. The third kappa shape index (κ3) is 2.87. The Morgan fingerprint density at radius 2 is 2.04 bits per heavy atom. The lowest BCUT2D eigenvalue weighted by Crippen LogP contribution is -2.45. The Morgan fingerprint density at radius 3 is 2.74 bits per heavy atom. The second kappa shape index (κ2) is 5.75. The molecular weight excluding hydrogens is 291 g/mol. The molecule has 1 unspecified atom stereocenters. The lowest BCUT2D eigenvalue weighted by Gasteiger charge is -2.37. The van der Waals surface area contributed by atoms with Crippen molar-refractivity contribution in [2.75, 3.05) is 26.7 Å². The average Bonchev–Trinajstić information content (AvgIpc) is 2.90. The molecule has 126 valence electrons. The van der Waals surface area contributed by atoms with Crippen LogP contribution in [0.2, 0.25) is 0 Å².